The first-order chi connectivity index (χ1) is 11.4. The van der Waals surface area contributed by atoms with E-state index in [1.165, 1.54) is 7.05 Å². The standard InChI is InChI=1S/C16H21N5O2S/c1-10(2)8-9-17-16(24)19-18-14(22)13-11-6-4-5-7-12(11)15(23)21(3)20-13/h4-7,10H,8-9H2,1-3H3,(H,18,22)(H2,17,19,24). The van der Waals surface area contributed by atoms with Gasteiger partial charge in [0.15, 0.2) is 10.8 Å². The number of nitrogens with one attached hydrogen (secondary N) is 3. The number of rotatable bonds is 4. The van der Waals surface area contributed by atoms with Gasteiger partial charge in [0.2, 0.25) is 0 Å². The smallest absolute Gasteiger partial charge is 0.290 e. The topological polar surface area (TPSA) is 88.0 Å². The van der Waals surface area contributed by atoms with Crippen molar-refractivity contribution in [2.45, 2.75) is 20.3 Å². The van der Waals surface area contributed by atoms with Crippen LogP contribution >= 0.6 is 12.2 Å². The molecule has 2 aromatic rings. The SMILES string of the molecule is CC(C)CCNC(=S)NNC(=O)c1nn(C)c(=O)c2ccccc12. The third-order valence-electron chi connectivity index (χ3n) is 3.47. The third-order valence-corrected chi connectivity index (χ3v) is 3.71. The Balaban J connectivity index is 2.08. The van der Waals surface area contributed by atoms with Crippen molar-refractivity contribution < 1.29 is 4.79 Å². The van der Waals surface area contributed by atoms with Crippen molar-refractivity contribution in [1.29, 1.82) is 0 Å². The molecule has 128 valence electrons. The van der Waals surface area contributed by atoms with Gasteiger partial charge >= 0.3 is 0 Å². The molecule has 2 rings (SSSR count). The molecule has 0 aliphatic rings. The van der Waals surface area contributed by atoms with Gasteiger partial charge < -0.3 is 5.32 Å². The summed E-state index contributed by atoms with van der Waals surface area (Å²) in [6.45, 7) is 4.97. The first kappa shape index (κ1) is 17.9. The number of hydrazine groups is 1. The van der Waals surface area contributed by atoms with Crippen molar-refractivity contribution in [1.82, 2.24) is 25.9 Å². The van der Waals surface area contributed by atoms with Gasteiger partial charge in [-0.05, 0) is 30.6 Å². The van der Waals surface area contributed by atoms with Crippen molar-refractivity contribution in [3.8, 4) is 0 Å². The predicted octanol–water partition coefficient (Wildman–Crippen LogP) is 1.09. The highest BCUT2D eigenvalue weighted by atomic mass is 32.1. The number of benzene rings is 1. The second-order valence-corrected chi connectivity index (χ2v) is 6.25. The van der Waals surface area contributed by atoms with Crippen LogP contribution in [0.2, 0.25) is 0 Å². The summed E-state index contributed by atoms with van der Waals surface area (Å²) in [6.07, 6.45) is 0.975. The third kappa shape index (κ3) is 4.29. The van der Waals surface area contributed by atoms with Crippen molar-refractivity contribution in [2.75, 3.05) is 6.54 Å². The maximum absolute atomic E-state index is 12.4. The molecular weight excluding hydrogens is 326 g/mol. The zero-order valence-electron chi connectivity index (χ0n) is 13.9. The molecule has 0 atom stereocenters. The van der Waals surface area contributed by atoms with Gasteiger partial charge in [-0.15, -0.1) is 0 Å². The number of hydrogen-bond acceptors (Lipinski definition) is 4. The van der Waals surface area contributed by atoms with Gasteiger partial charge in [0.05, 0.1) is 5.39 Å². The van der Waals surface area contributed by atoms with Crippen molar-refractivity contribution in [2.24, 2.45) is 13.0 Å². The average molecular weight is 347 g/mol. The Bertz CT molecular complexity index is 816. The largest absolute Gasteiger partial charge is 0.361 e. The molecule has 1 aromatic heterocycles. The van der Waals surface area contributed by atoms with E-state index in [9.17, 15) is 9.59 Å². The van der Waals surface area contributed by atoms with Gasteiger partial charge in [0, 0.05) is 19.0 Å². The van der Waals surface area contributed by atoms with Gasteiger partial charge in [-0.3, -0.25) is 20.4 Å². The molecule has 0 saturated carbocycles. The van der Waals surface area contributed by atoms with Gasteiger partial charge in [-0.2, -0.15) is 5.10 Å². The number of amides is 1. The van der Waals surface area contributed by atoms with Crippen LogP contribution in [0.25, 0.3) is 10.8 Å². The summed E-state index contributed by atoms with van der Waals surface area (Å²) in [5.74, 6) is 0.103. The molecule has 24 heavy (non-hydrogen) atoms. The van der Waals surface area contributed by atoms with E-state index in [0.717, 1.165) is 17.6 Å². The first-order valence-electron chi connectivity index (χ1n) is 7.70. The fourth-order valence-electron chi connectivity index (χ4n) is 2.16. The van der Waals surface area contributed by atoms with E-state index in [1.54, 1.807) is 24.3 Å². The van der Waals surface area contributed by atoms with Crippen LogP contribution in [0.3, 0.4) is 0 Å². The number of aryl methyl sites for hydroxylation is 1. The minimum atomic E-state index is -0.463. The summed E-state index contributed by atoms with van der Waals surface area (Å²) in [7, 11) is 1.51. The molecule has 7 nitrogen and oxygen atoms in total. The van der Waals surface area contributed by atoms with Crippen molar-refractivity contribution in [3.63, 3.8) is 0 Å². The van der Waals surface area contributed by atoms with E-state index in [-0.39, 0.29) is 11.3 Å². The second kappa shape index (κ2) is 7.87. The molecule has 1 aromatic carbocycles. The molecule has 3 N–H and O–H groups in total. The summed E-state index contributed by atoms with van der Waals surface area (Å²) in [5, 5.41) is 8.33. The molecule has 0 radical (unpaired) electrons. The number of nitrogens with zero attached hydrogens (tertiary/aromatic N) is 2. The van der Waals surface area contributed by atoms with Crippen LogP contribution in [0.4, 0.5) is 0 Å². The summed E-state index contributed by atoms with van der Waals surface area (Å²) in [5.41, 5.74) is 5.06. The van der Waals surface area contributed by atoms with E-state index >= 15 is 0 Å². The van der Waals surface area contributed by atoms with E-state index in [1.807, 2.05) is 0 Å². The van der Waals surface area contributed by atoms with Crippen LogP contribution in [0.15, 0.2) is 29.1 Å². The summed E-state index contributed by atoms with van der Waals surface area (Å²) in [6, 6.07) is 6.86. The summed E-state index contributed by atoms with van der Waals surface area (Å²) < 4.78 is 1.15. The molecule has 0 bridgehead atoms. The highest BCUT2D eigenvalue weighted by molar-refractivity contribution is 7.80. The first-order valence-corrected chi connectivity index (χ1v) is 8.11. The Morgan fingerprint density at radius 1 is 1.25 bits per heavy atom. The molecule has 0 aliphatic carbocycles. The van der Waals surface area contributed by atoms with E-state index in [2.05, 4.69) is 35.1 Å². The Morgan fingerprint density at radius 2 is 1.92 bits per heavy atom. The molecule has 0 saturated heterocycles. The van der Waals surface area contributed by atoms with Crippen LogP contribution in [-0.4, -0.2) is 27.3 Å². The lowest BCUT2D eigenvalue weighted by atomic mass is 10.1. The highest BCUT2D eigenvalue weighted by Crippen LogP contribution is 2.12. The molecule has 0 unspecified atom stereocenters. The van der Waals surface area contributed by atoms with Gasteiger partial charge in [-0.1, -0.05) is 32.0 Å². The number of aromatic nitrogens is 2. The van der Waals surface area contributed by atoms with Crippen molar-refractivity contribution >= 4 is 34.0 Å². The maximum Gasteiger partial charge on any atom is 0.290 e. The van der Waals surface area contributed by atoms with E-state index < -0.39 is 5.91 Å². The van der Waals surface area contributed by atoms with Crippen LogP contribution in [0.5, 0.6) is 0 Å². The number of carbonyl (C=O) groups excluding carboxylic acids is 1. The van der Waals surface area contributed by atoms with Gasteiger partial charge in [0.25, 0.3) is 11.5 Å². The molecular formula is C16H21N5O2S. The Morgan fingerprint density at radius 3 is 2.58 bits per heavy atom. The summed E-state index contributed by atoms with van der Waals surface area (Å²) in [4.78, 5) is 24.4. The lowest BCUT2D eigenvalue weighted by Crippen LogP contribution is -2.47. The molecule has 1 heterocycles. The Kier molecular flexibility index (Phi) is 5.86. The molecule has 8 heteroatoms. The fourth-order valence-corrected chi connectivity index (χ4v) is 2.31. The number of thiocarbonyl (C=S) groups is 1. The van der Waals surface area contributed by atoms with Gasteiger partial charge in [0.1, 0.15) is 0 Å². The molecule has 0 fully saturated rings. The van der Waals surface area contributed by atoms with Crippen LogP contribution in [0.1, 0.15) is 30.8 Å². The van der Waals surface area contributed by atoms with Gasteiger partial charge in [-0.25, -0.2) is 4.68 Å². The maximum atomic E-state index is 12.4. The minimum Gasteiger partial charge on any atom is -0.361 e. The van der Waals surface area contributed by atoms with Crippen LogP contribution < -0.4 is 21.7 Å². The number of fused-ring (bicyclic) bond motifs is 1. The second-order valence-electron chi connectivity index (χ2n) is 5.84. The molecule has 1 amide bonds. The van der Waals surface area contributed by atoms with Crippen molar-refractivity contribution in [3.05, 3.63) is 40.3 Å². The lowest BCUT2D eigenvalue weighted by Gasteiger charge is -2.13. The quantitative estimate of drug-likeness (QED) is 0.567. The van der Waals surface area contributed by atoms with E-state index in [4.69, 9.17) is 12.2 Å². The van der Waals surface area contributed by atoms with E-state index in [0.29, 0.717) is 21.8 Å². The highest BCUT2D eigenvalue weighted by Gasteiger charge is 2.15. The number of hydrogen-bond donors (Lipinski definition) is 3. The zero-order valence-corrected chi connectivity index (χ0v) is 14.7. The normalized spacial score (nSPS) is 10.7. The summed E-state index contributed by atoms with van der Waals surface area (Å²) >= 11 is 5.10. The molecule has 0 spiro atoms. The monoisotopic (exact) mass is 347 g/mol. The number of carbonyl (C=O) groups is 1. The fraction of sp³-hybridized carbons (Fsp3) is 0.375. The predicted molar refractivity (Wildman–Crippen MR) is 97.6 cm³/mol. The minimum absolute atomic E-state index is 0.158. The Hall–Kier alpha value is -2.48. The zero-order chi connectivity index (χ0) is 17.7. The Labute approximate surface area is 145 Å². The van der Waals surface area contributed by atoms with Crippen LogP contribution in [0, 0.1) is 5.92 Å². The lowest BCUT2D eigenvalue weighted by molar-refractivity contribution is 0.0938. The van der Waals surface area contributed by atoms with Crippen LogP contribution in [-0.2, 0) is 7.05 Å². The average Bonchev–Trinajstić information content (AvgIpc) is 2.55. The molecule has 0 aliphatic heterocycles.